The topological polar surface area (TPSA) is 41.3 Å². The fourth-order valence-electron chi connectivity index (χ4n) is 2.27. The number of rotatable bonds is 4. The van der Waals surface area contributed by atoms with E-state index in [9.17, 15) is 5.11 Å². The summed E-state index contributed by atoms with van der Waals surface area (Å²) in [7, 11) is 0. The molecule has 1 N–H and O–H groups in total. The summed E-state index contributed by atoms with van der Waals surface area (Å²) < 4.78 is 2.16. The third kappa shape index (κ3) is 2.21. The molecule has 4 nitrogen and oxygen atoms in total. The van der Waals surface area contributed by atoms with Gasteiger partial charge in [0.2, 0.25) is 0 Å². The van der Waals surface area contributed by atoms with Crippen molar-refractivity contribution in [2.45, 2.75) is 38.9 Å². The van der Waals surface area contributed by atoms with Crippen LogP contribution in [-0.4, -0.2) is 38.8 Å². The highest BCUT2D eigenvalue weighted by atomic mass is 16.3. The second kappa shape index (κ2) is 4.77. The molecule has 0 saturated carbocycles. The van der Waals surface area contributed by atoms with Crippen molar-refractivity contribution in [3.05, 3.63) is 18.2 Å². The van der Waals surface area contributed by atoms with Crippen molar-refractivity contribution in [3.8, 4) is 0 Å². The summed E-state index contributed by atoms with van der Waals surface area (Å²) in [6.45, 7) is 5.31. The largest absolute Gasteiger partial charge is 0.395 e. The highest BCUT2D eigenvalue weighted by molar-refractivity contribution is 4.94. The molecule has 1 aromatic heterocycles. The number of imidazole rings is 1. The maximum atomic E-state index is 9.22. The van der Waals surface area contributed by atoms with Crippen LogP contribution >= 0.6 is 0 Å². The minimum Gasteiger partial charge on any atom is -0.395 e. The molecule has 1 aliphatic heterocycles. The third-order valence-electron chi connectivity index (χ3n) is 3.20. The van der Waals surface area contributed by atoms with Crippen LogP contribution in [0, 0.1) is 0 Å². The SMILES string of the molecule is CCn1ccnc1CN1CCC[C@H]1CO. The quantitative estimate of drug-likeness (QED) is 0.799. The van der Waals surface area contributed by atoms with Crippen LogP contribution in [0.5, 0.6) is 0 Å². The van der Waals surface area contributed by atoms with Crippen LogP contribution < -0.4 is 0 Å². The summed E-state index contributed by atoms with van der Waals surface area (Å²) >= 11 is 0. The number of likely N-dealkylation sites (tertiary alicyclic amines) is 1. The zero-order chi connectivity index (χ0) is 10.7. The molecule has 1 aromatic rings. The zero-order valence-corrected chi connectivity index (χ0v) is 9.26. The van der Waals surface area contributed by atoms with Gasteiger partial charge in [-0.1, -0.05) is 0 Å². The van der Waals surface area contributed by atoms with Crippen LogP contribution in [0.25, 0.3) is 0 Å². The van der Waals surface area contributed by atoms with Gasteiger partial charge >= 0.3 is 0 Å². The van der Waals surface area contributed by atoms with Gasteiger partial charge in [-0.15, -0.1) is 0 Å². The second-order valence-electron chi connectivity index (χ2n) is 4.08. The molecule has 1 saturated heterocycles. The lowest BCUT2D eigenvalue weighted by Gasteiger charge is -2.22. The number of hydrogen-bond donors (Lipinski definition) is 1. The fourth-order valence-corrected chi connectivity index (χ4v) is 2.27. The van der Waals surface area contributed by atoms with Gasteiger partial charge in [-0.2, -0.15) is 0 Å². The van der Waals surface area contributed by atoms with Crippen LogP contribution in [0.4, 0.5) is 0 Å². The minimum absolute atomic E-state index is 0.271. The zero-order valence-electron chi connectivity index (χ0n) is 9.26. The Morgan fingerprint density at radius 3 is 3.20 bits per heavy atom. The number of aliphatic hydroxyl groups is 1. The summed E-state index contributed by atoms with van der Waals surface area (Å²) in [5.41, 5.74) is 0. The second-order valence-corrected chi connectivity index (χ2v) is 4.08. The molecular formula is C11H19N3O. The van der Waals surface area contributed by atoms with Gasteiger partial charge in [0.1, 0.15) is 5.82 Å². The molecule has 1 fully saturated rings. The minimum atomic E-state index is 0.271. The van der Waals surface area contributed by atoms with Gasteiger partial charge in [0.05, 0.1) is 13.2 Å². The van der Waals surface area contributed by atoms with Crippen LogP contribution in [0.1, 0.15) is 25.6 Å². The number of nitrogens with zero attached hydrogens (tertiary/aromatic N) is 3. The molecular weight excluding hydrogens is 190 g/mol. The van der Waals surface area contributed by atoms with Gasteiger partial charge in [-0.05, 0) is 26.3 Å². The van der Waals surface area contributed by atoms with E-state index in [1.54, 1.807) is 0 Å². The van der Waals surface area contributed by atoms with E-state index in [0.717, 1.165) is 31.9 Å². The predicted octanol–water partition coefficient (Wildman–Crippen LogP) is 0.860. The Balaban J connectivity index is 2.01. The van der Waals surface area contributed by atoms with Crippen LogP contribution in [0.3, 0.4) is 0 Å². The number of aliphatic hydroxyl groups excluding tert-OH is 1. The molecule has 1 aliphatic rings. The van der Waals surface area contributed by atoms with E-state index in [1.165, 1.54) is 6.42 Å². The number of hydrogen-bond acceptors (Lipinski definition) is 3. The van der Waals surface area contributed by atoms with Gasteiger partial charge in [0.15, 0.2) is 0 Å². The molecule has 2 heterocycles. The highest BCUT2D eigenvalue weighted by Crippen LogP contribution is 2.18. The van der Waals surface area contributed by atoms with Crippen molar-refractivity contribution in [1.29, 1.82) is 0 Å². The van der Waals surface area contributed by atoms with Gasteiger partial charge in [0.25, 0.3) is 0 Å². The molecule has 84 valence electrons. The average Bonchev–Trinajstić information content (AvgIpc) is 2.87. The summed E-state index contributed by atoms with van der Waals surface area (Å²) in [5.74, 6) is 1.11. The van der Waals surface area contributed by atoms with Crippen LogP contribution in [-0.2, 0) is 13.1 Å². The first-order valence-corrected chi connectivity index (χ1v) is 5.70. The van der Waals surface area contributed by atoms with E-state index in [-0.39, 0.29) is 6.61 Å². The van der Waals surface area contributed by atoms with Crippen LogP contribution in [0.15, 0.2) is 12.4 Å². The Bertz CT molecular complexity index is 311. The molecule has 1 atom stereocenters. The van der Waals surface area contributed by atoms with Gasteiger partial charge in [-0.25, -0.2) is 4.98 Å². The van der Waals surface area contributed by atoms with E-state index >= 15 is 0 Å². The Hall–Kier alpha value is -0.870. The summed E-state index contributed by atoms with van der Waals surface area (Å²) in [6, 6.07) is 0.340. The Morgan fingerprint density at radius 2 is 2.47 bits per heavy atom. The average molecular weight is 209 g/mol. The lowest BCUT2D eigenvalue weighted by atomic mass is 10.2. The van der Waals surface area contributed by atoms with Gasteiger partial charge in [-0.3, -0.25) is 4.90 Å². The van der Waals surface area contributed by atoms with Gasteiger partial charge < -0.3 is 9.67 Å². The van der Waals surface area contributed by atoms with E-state index < -0.39 is 0 Å². The van der Waals surface area contributed by atoms with Crippen molar-refractivity contribution in [1.82, 2.24) is 14.5 Å². The molecule has 0 bridgehead atoms. The molecule has 0 unspecified atom stereocenters. The first-order chi connectivity index (χ1) is 7.35. The van der Waals surface area contributed by atoms with E-state index in [2.05, 4.69) is 21.4 Å². The van der Waals surface area contributed by atoms with E-state index in [0.29, 0.717) is 6.04 Å². The summed E-state index contributed by atoms with van der Waals surface area (Å²) in [4.78, 5) is 6.69. The first-order valence-electron chi connectivity index (χ1n) is 5.70. The van der Waals surface area contributed by atoms with Crippen molar-refractivity contribution in [3.63, 3.8) is 0 Å². The van der Waals surface area contributed by atoms with Crippen LogP contribution in [0.2, 0.25) is 0 Å². The Kier molecular flexibility index (Phi) is 3.38. The van der Waals surface area contributed by atoms with Crippen molar-refractivity contribution < 1.29 is 5.11 Å². The molecule has 4 heteroatoms. The first kappa shape index (κ1) is 10.6. The summed E-state index contributed by atoms with van der Waals surface area (Å²) in [5, 5.41) is 9.22. The fraction of sp³-hybridized carbons (Fsp3) is 0.727. The molecule has 0 aliphatic carbocycles. The molecule has 0 aromatic carbocycles. The normalized spacial score (nSPS) is 22.4. The Labute approximate surface area is 90.5 Å². The van der Waals surface area contributed by atoms with E-state index in [1.807, 2.05) is 12.4 Å². The summed E-state index contributed by atoms with van der Waals surface area (Å²) in [6.07, 6.45) is 6.17. The van der Waals surface area contributed by atoms with Crippen molar-refractivity contribution in [2.24, 2.45) is 0 Å². The highest BCUT2D eigenvalue weighted by Gasteiger charge is 2.24. The monoisotopic (exact) mass is 209 g/mol. The number of aromatic nitrogens is 2. The molecule has 15 heavy (non-hydrogen) atoms. The van der Waals surface area contributed by atoms with Crippen molar-refractivity contribution in [2.75, 3.05) is 13.2 Å². The molecule has 0 amide bonds. The molecule has 2 rings (SSSR count). The number of aryl methyl sites for hydroxylation is 1. The standard InChI is InChI=1S/C11H19N3O/c1-2-13-7-5-12-11(13)8-14-6-3-4-10(14)9-15/h5,7,10,15H,2-4,6,8-9H2,1H3/t10-/m0/s1. The maximum Gasteiger partial charge on any atom is 0.122 e. The van der Waals surface area contributed by atoms with Gasteiger partial charge in [0, 0.05) is 25.0 Å². The van der Waals surface area contributed by atoms with Crippen molar-refractivity contribution >= 4 is 0 Å². The Morgan fingerprint density at radius 1 is 1.60 bits per heavy atom. The predicted molar refractivity (Wildman–Crippen MR) is 58.4 cm³/mol. The smallest absolute Gasteiger partial charge is 0.122 e. The lowest BCUT2D eigenvalue weighted by Crippen LogP contribution is -2.32. The molecule has 0 radical (unpaired) electrons. The molecule has 0 spiro atoms. The lowest BCUT2D eigenvalue weighted by molar-refractivity contribution is 0.150. The maximum absolute atomic E-state index is 9.22. The third-order valence-corrected chi connectivity index (χ3v) is 3.20. The van der Waals surface area contributed by atoms with E-state index in [4.69, 9.17) is 0 Å².